The van der Waals surface area contributed by atoms with E-state index in [-0.39, 0.29) is 5.95 Å². The van der Waals surface area contributed by atoms with Crippen molar-refractivity contribution in [3.05, 3.63) is 6.07 Å². The summed E-state index contributed by atoms with van der Waals surface area (Å²) < 4.78 is 0. The Morgan fingerprint density at radius 2 is 1.76 bits per heavy atom. The topological polar surface area (TPSA) is 84.3 Å². The van der Waals surface area contributed by atoms with Gasteiger partial charge in [0.2, 0.25) is 5.95 Å². The number of hydrogen-bond acceptors (Lipinski definition) is 6. The van der Waals surface area contributed by atoms with Crippen LogP contribution in [-0.4, -0.2) is 47.1 Å². The van der Waals surface area contributed by atoms with E-state index in [2.05, 4.69) is 40.7 Å². The lowest BCUT2D eigenvalue weighted by atomic mass is 10.1. The molecule has 0 spiro atoms. The number of piperazine rings is 1. The standard InChI is InChI=1S/C11H20N6/c1-7-5-17(6-8(2)16(7)3)10-4-9(12)14-11(13)15-10/h4,7-8H,5-6H2,1-3H3,(H4,12,13,14,15). The molecular weight excluding hydrogens is 216 g/mol. The zero-order valence-electron chi connectivity index (χ0n) is 10.6. The Bertz CT molecular complexity index is 375. The quantitative estimate of drug-likeness (QED) is 0.723. The second kappa shape index (κ2) is 4.37. The minimum absolute atomic E-state index is 0.235. The molecule has 0 aliphatic carbocycles. The van der Waals surface area contributed by atoms with Gasteiger partial charge < -0.3 is 16.4 Å². The van der Waals surface area contributed by atoms with Gasteiger partial charge in [-0.2, -0.15) is 9.97 Å². The molecule has 2 heterocycles. The predicted octanol–water partition coefficient (Wildman–Crippen LogP) is 0.170. The Balaban J connectivity index is 2.22. The molecule has 17 heavy (non-hydrogen) atoms. The van der Waals surface area contributed by atoms with Crippen LogP contribution in [0.25, 0.3) is 0 Å². The van der Waals surface area contributed by atoms with E-state index in [4.69, 9.17) is 11.5 Å². The van der Waals surface area contributed by atoms with E-state index >= 15 is 0 Å². The first-order chi connectivity index (χ1) is 7.97. The van der Waals surface area contributed by atoms with Crippen LogP contribution in [0.5, 0.6) is 0 Å². The van der Waals surface area contributed by atoms with Crippen molar-refractivity contribution in [1.82, 2.24) is 14.9 Å². The number of likely N-dealkylation sites (N-methyl/N-ethyl adjacent to an activating group) is 1. The molecule has 1 aliphatic rings. The largest absolute Gasteiger partial charge is 0.383 e. The van der Waals surface area contributed by atoms with E-state index in [1.807, 2.05) is 0 Å². The van der Waals surface area contributed by atoms with Gasteiger partial charge in [0.05, 0.1) is 0 Å². The predicted molar refractivity (Wildman–Crippen MR) is 69.8 cm³/mol. The number of hydrogen-bond donors (Lipinski definition) is 2. The number of nitrogen functional groups attached to an aromatic ring is 2. The Morgan fingerprint density at radius 1 is 1.18 bits per heavy atom. The summed E-state index contributed by atoms with van der Waals surface area (Å²) in [5, 5.41) is 0. The average Bonchev–Trinajstić information content (AvgIpc) is 2.23. The summed E-state index contributed by atoms with van der Waals surface area (Å²) in [6, 6.07) is 2.74. The van der Waals surface area contributed by atoms with E-state index in [9.17, 15) is 0 Å². The van der Waals surface area contributed by atoms with Gasteiger partial charge >= 0.3 is 0 Å². The summed E-state index contributed by atoms with van der Waals surface area (Å²) in [6.07, 6.45) is 0. The fourth-order valence-electron chi connectivity index (χ4n) is 2.22. The van der Waals surface area contributed by atoms with Crippen LogP contribution < -0.4 is 16.4 Å². The van der Waals surface area contributed by atoms with Crippen molar-refractivity contribution >= 4 is 17.6 Å². The van der Waals surface area contributed by atoms with Crippen LogP contribution in [0, 0.1) is 0 Å². The smallest absolute Gasteiger partial charge is 0.223 e. The van der Waals surface area contributed by atoms with E-state index in [1.165, 1.54) is 0 Å². The Morgan fingerprint density at radius 3 is 2.29 bits per heavy atom. The first-order valence-corrected chi connectivity index (χ1v) is 5.84. The van der Waals surface area contributed by atoms with Crippen molar-refractivity contribution in [2.75, 3.05) is 36.5 Å². The lowest BCUT2D eigenvalue weighted by Crippen LogP contribution is -2.55. The van der Waals surface area contributed by atoms with Crippen LogP contribution in [0.1, 0.15) is 13.8 Å². The molecule has 0 amide bonds. The lowest BCUT2D eigenvalue weighted by Gasteiger charge is -2.42. The van der Waals surface area contributed by atoms with Gasteiger partial charge in [-0.25, -0.2) is 0 Å². The van der Waals surface area contributed by atoms with Crippen LogP contribution in [-0.2, 0) is 0 Å². The van der Waals surface area contributed by atoms with Crippen LogP contribution in [0.3, 0.4) is 0 Å². The van der Waals surface area contributed by atoms with Crippen molar-refractivity contribution < 1.29 is 0 Å². The number of nitrogens with two attached hydrogens (primary N) is 2. The van der Waals surface area contributed by atoms with Gasteiger partial charge in [-0.05, 0) is 20.9 Å². The average molecular weight is 236 g/mol. The zero-order valence-corrected chi connectivity index (χ0v) is 10.6. The highest BCUT2D eigenvalue weighted by Crippen LogP contribution is 2.21. The molecule has 2 atom stereocenters. The normalized spacial score (nSPS) is 26.2. The van der Waals surface area contributed by atoms with E-state index in [1.54, 1.807) is 6.07 Å². The molecule has 1 aromatic heterocycles. The van der Waals surface area contributed by atoms with E-state index in [0.717, 1.165) is 18.9 Å². The fraction of sp³-hybridized carbons (Fsp3) is 0.636. The molecule has 6 heteroatoms. The molecule has 1 saturated heterocycles. The summed E-state index contributed by atoms with van der Waals surface area (Å²) >= 11 is 0. The molecule has 2 unspecified atom stereocenters. The van der Waals surface area contributed by atoms with E-state index < -0.39 is 0 Å². The molecule has 0 aromatic carbocycles. The number of nitrogens with zero attached hydrogens (tertiary/aromatic N) is 4. The Labute approximate surface area is 102 Å². The highest BCUT2D eigenvalue weighted by Gasteiger charge is 2.27. The highest BCUT2D eigenvalue weighted by atomic mass is 15.3. The molecule has 1 aliphatic heterocycles. The van der Waals surface area contributed by atoms with Gasteiger partial charge in [0, 0.05) is 31.2 Å². The summed E-state index contributed by atoms with van der Waals surface area (Å²) in [6.45, 7) is 6.26. The maximum Gasteiger partial charge on any atom is 0.223 e. The number of rotatable bonds is 1. The highest BCUT2D eigenvalue weighted by molar-refractivity contribution is 5.50. The molecule has 1 fully saturated rings. The minimum Gasteiger partial charge on any atom is -0.383 e. The summed E-state index contributed by atoms with van der Waals surface area (Å²) in [7, 11) is 2.15. The van der Waals surface area contributed by atoms with Crippen molar-refractivity contribution in [3.63, 3.8) is 0 Å². The van der Waals surface area contributed by atoms with Crippen molar-refractivity contribution in [1.29, 1.82) is 0 Å². The third-order valence-corrected chi connectivity index (χ3v) is 3.43. The van der Waals surface area contributed by atoms with Gasteiger partial charge in [-0.1, -0.05) is 0 Å². The maximum atomic E-state index is 5.69. The number of aromatic nitrogens is 2. The van der Waals surface area contributed by atoms with Gasteiger partial charge in [-0.15, -0.1) is 0 Å². The van der Waals surface area contributed by atoms with Crippen LogP contribution in [0.4, 0.5) is 17.6 Å². The third kappa shape index (κ3) is 2.41. The molecular formula is C11H20N6. The zero-order chi connectivity index (χ0) is 12.6. The Kier molecular flexibility index (Phi) is 3.06. The SMILES string of the molecule is CC1CN(c2cc(N)nc(N)n2)CC(C)N1C. The van der Waals surface area contributed by atoms with Crippen LogP contribution in [0.2, 0.25) is 0 Å². The lowest BCUT2D eigenvalue weighted by molar-refractivity contribution is 0.169. The first-order valence-electron chi connectivity index (χ1n) is 5.84. The van der Waals surface area contributed by atoms with Crippen molar-refractivity contribution in [3.8, 4) is 0 Å². The molecule has 2 rings (SSSR count). The summed E-state index contributed by atoms with van der Waals surface area (Å²) in [5.74, 6) is 1.48. The van der Waals surface area contributed by atoms with Gasteiger partial charge in [-0.3, -0.25) is 4.90 Å². The van der Waals surface area contributed by atoms with Gasteiger partial charge in [0.1, 0.15) is 11.6 Å². The van der Waals surface area contributed by atoms with Gasteiger partial charge in [0.25, 0.3) is 0 Å². The number of anilines is 3. The molecule has 0 bridgehead atoms. The van der Waals surface area contributed by atoms with E-state index in [0.29, 0.717) is 17.9 Å². The van der Waals surface area contributed by atoms with Gasteiger partial charge in [0.15, 0.2) is 0 Å². The van der Waals surface area contributed by atoms with Crippen LogP contribution in [0.15, 0.2) is 6.07 Å². The van der Waals surface area contributed by atoms with Crippen LogP contribution >= 0.6 is 0 Å². The van der Waals surface area contributed by atoms with Crippen molar-refractivity contribution in [2.45, 2.75) is 25.9 Å². The fourth-order valence-corrected chi connectivity index (χ4v) is 2.22. The minimum atomic E-state index is 0.235. The molecule has 0 radical (unpaired) electrons. The molecule has 6 nitrogen and oxygen atoms in total. The monoisotopic (exact) mass is 236 g/mol. The van der Waals surface area contributed by atoms with Crippen molar-refractivity contribution in [2.24, 2.45) is 0 Å². The summed E-state index contributed by atoms with van der Waals surface area (Å²) in [4.78, 5) is 12.7. The Hall–Kier alpha value is -1.56. The maximum absolute atomic E-state index is 5.69. The first kappa shape index (κ1) is 11.9. The second-order valence-corrected chi connectivity index (χ2v) is 4.78. The summed E-state index contributed by atoms with van der Waals surface area (Å²) in [5.41, 5.74) is 11.3. The molecule has 1 aromatic rings. The molecule has 0 saturated carbocycles. The molecule has 4 N–H and O–H groups in total. The third-order valence-electron chi connectivity index (χ3n) is 3.43. The second-order valence-electron chi connectivity index (χ2n) is 4.78. The molecule has 94 valence electrons.